The SMILES string of the molecule is COc1ccc(CCC(=O)Cc2cc(F)cc(CN3CCN(C(=O)C4CCCC4)[C@@H](C)C3)c2C)cc1. The van der Waals surface area contributed by atoms with Gasteiger partial charge >= 0.3 is 0 Å². The molecule has 1 amide bonds. The Morgan fingerprint density at radius 2 is 1.75 bits per heavy atom. The maximum absolute atomic E-state index is 14.6. The molecule has 0 radical (unpaired) electrons. The molecule has 6 heteroatoms. The number of rotatable bonds is 9. The number of carbonyl (C=O) groups is 2. The van der Waals surface area contributed by atoms with Gasteiger partial charge in [-0.05, 0) is 79.6 Å². The first-order chi connectivity index (χ1) is 17.3. The number of benzene rings is 2. The van der Waals surface area contributed by atoms with E-state index >= 15 is 0 Å². The summed E-state index contributed by atoms with van der Waals surface area (Å²) in [6.45, 7) is 7.03. The first-order valence-corrected chi connectivity index (χ1v) is 13.3. The van der Waals surface area contributed by atoms with Gasteiger partial charge in [-0.3, -0.25) is 14.5 Å². The minimum atomic E-state index is -0.295. The lowest BCUT2D eigenvalue weighted by molar-refractivity contribution is -0.140. The average Bonchev–Trinajstić information content (AvgIpc) is 3.41. The van der Waals surface area contributed by atoms with E-state index in [-0.39, 0.29) is 30.0 Å². The van der Waals surface area contributed by atoms with Gasteiger partial charge in [0.25, 0.3) is 0 Å². The summed E-state index contributed by atoms with van der Waals surface area (Å²) in [5.74, 6) is 1.13. The van der Waals surface area contributed by atoms with Crippen molar-refractivity contribution in [2.75, 3.05) is 26.7 Å². The smallest absolute Gasteiger partial charge is 0.226 e. The molecular weight excluding hydrogens is 455 g/mol. The molecule has 2 aromatic carbocycles. The van der Waals surface area contributed by atoms with Crippen molar-refractivity contribution < 1.29 is 18.7 Å². The minimum Gasteiger partial charge on any atom is -0.497 e. The molecule has 2 aliphatic rings. The molecule has 0 aromatic heterocycles. The van der Waals surface area contributed by atoms with Gasteiger partial charge in [-0.2, -0.15) is 0 Å². The van der Waals surface area contributed by atoms with Crippen LogP contribution in [0.25, 0.3) is 0 Å². The normalized spacial score (nSPS) is 19.0. The number of Topliss-reactive ketones (excluding diaryl/α,β-unsaturated/α-hetero) is 1. The zero-order chi connectivity index (χ0) is 25.7. The molecule has 1 atom stereocenters. The quantitative estimate of drug-likeness (QED) is 0.486. The zero-order valence-corrected chi connectivity index (χ0v) is 21.9. The molecule has 0 bridgehead atoms. The molecule has 1 aliphatic carbocycles. The van der Waals surface area contributed by atoms with Crippen LogP contribution in [0.1, 0.15) is 61.3 Å². The topological polar surface area (TPSA) is 49.9 Å². The summed E-state index contributed by atoms with van der Waals surface area (Å²) in [7, 11) is 1.63. The van der Waals surface area contributed by atoms with Gasteiger partial charge in [0.15, 0.2) is 0 Å². The summed E-state index contributed by atoms with van der Waals surface area (Å²) < 4.78 is 19.7. The molecule has 1 saturated heterocycles. The van der Waals surface area contributed by atoms with E-state index in [1.165, 1.54) is 6.07 Å². The highest BCUT2D eigenvalue weighted by atomic mass is 19.1. The lowest BCUT2D eigenvalue weighted by Crippen LogP contribution is -2.54. The van der Waals surface area contributed by atoms with E-state index in [0.29, 0.717) is 25.3 Å². The van der Waals surface area contributed by atoms with Gasteiger partial charge in [0.05, 0.1) is 7.11 Å². The van der Waals surface area contributed by atoms with Gasteiger partial charge in [0, 0.05) is 51.0 Å². The molecule has 0 N–H and O–H groups in total. The predicted molar refractivity (Wildman–Crippen MR) is 140 cm³/mol. The third kappa shape index (κ3) is 6.52. The molecule has 2 fully saturated rings. The Balaban J connectivity index is 1.34. The number of halogens is 1. The fourth-order valence-corrected chi connectivity index (χ4v) is 5.67. The molecule has 4 rings (SSSR count). The summed E-state index contributed by atoms with van der Waals surface area (Å²) in [5, 5.41) is 0. The minimum absolute atomic E-state index is 0.109. The van der Waals surface area contributed by atoms with Crippen molar-refractivity contribution >= 4 is 11.7 Å². The number of nitrogens with zero attached hydrogens (tertiary/aromatic N) is 2. The third-order valence-corrected chi connectivity index (χ3v) is 7.92. The van der Waals surface area contributed by atoms with Crippen LogP contribution in [0.15, 0.2) is 36.4 Å². The second-order valence-corrected chi connectivity index (χ2v) is 10.5. The molecule has 36 heavy (non-hydrogen) atoms. The number of ketones is 1. The van der Waals surface area contributed by atoms with Crippen LogP contribution in [-0.4, -0.2) is 54.3 Å². The van der Waals surface area contributed by atoms with Crippen molar-refractivity contribution in [1.29, 1.82) is 0 Å². The molecule has 1 aliphatic heterocycles. The summed E-state index contributed by atoms with van der Waals surface area (Å²) in [4.78, 5) is 30.0. The van der Waals surface area contributed by atoms with E-state index in [9.17, 15) is 14.0 Å². The number of piperazine rings is 1. The van der Waals surface area contributed by atoms with Crippen LogP contribution in [-0.2, 0) is 29.0 Å². The maximum atomic E-state index is 14.6. The highest BCUT2D eigenvalue weighted by molar-refractivity contribution is 5.81. The molecular formula is C30H39FN2O3. The molecule has 0 unspecified atom stereocenters. The number of aryl methyl sites for hydroxylation is 1. The Bertz CT molecular complexity index is 1060. The summed E-state index contributed by atoms with van der Waals surface area (Å²) in [6.07, 6.45) is 5.70. The Morgan fingerprint density at radius 1 is 1.06 bits per heavy atom. The highest BCUT2D eigenvalue weighted by Crippen LogP contribution is 2.28. The van der Waals surface area contributed by atoms with Crippen molar-refractivity contribution in [1.82, 2.24) is 9.80 Å². The van der Waals surface area contributed by atoms with E-state index in [0.717, 1.165) is 73.3 Å². The number of methoxy groups -OCH3 is 1. The van der Waals surface area contributed by atoms with Crippen LogP contribution in [0.3, 0.4) is 0 Å². The summed E-state index contributed by atoms with van der Waals surface area (Å²) >= 11 is 0. The summed E-state index contributed by atoms with van der Waals surface area (Å²) in [6, 6.07) is 11.0. The lowest BCUT2D eigenvalue weighted by Gasteiger charge is -2.41. The van der Waals surface area contributed by atoms with Gasteiger partial charge in [0.2, 0.25) is 5.91 Å². The lowest BCUT2D eigenvalue weighted by atomic mass is 9.95. The first-order valence-electron chi connectivity index (χ1n) is 13.3. The summed E-state index contributed by atoms with van der Waals surface area (Å²) in [5.41, 5.74) is 3.77. The maximum Gasteiger partial charge on any atom is 0.226 e. The Morgan fingerprint density at radius 3 is 2.42 bits per heavy atom. The van der Waals surface area contributed by atoms with Crippen LogP contribution in [0.4, 0.5) is 4.39 Å². The van der Waals surface area contributed by atoms with Crippen LogP contribution >= 0.6 is 0 Å². The van der Waals surface area contributed by atoms with E-state index in [4.69, 9.17) is 4.74 Å². The first kappa shape index (κ1) is 26.3. The Kier molecular flexibility index (Phi) is 8.78. The van der Waals surface area contributed by atoms with Crippen LogP contribution in [0, 0.1) is 18.7 Å². The van der Waals surface area contributed by atoms with Gasteiger partial charge in [-0.15, -0.1) is 0 Å². The van der Waals surface area contributed by atoms with E-state index in [1.807, 2.05) is 31.2 Å². The largest absolute Gasteiger partial charge is 0.497 e. The van der Waals surface area contributed by atoms with E-state index in [2.05, 4.69) is 16.7 Å². The number of carbonyl (C=O) groups excluding carboxylic acids is 2. The molecule has 0 spiro atoms. The predicted octanol–water partition coefficient (Wildman–Crippen LogP) is 5.11. The molecule has 5 nitrogen and oxygen atoms in total. The average molecular weight is 495 g/mol. The number of amides is 1. The Hall–Kier alpha value is -2.73. The van der Waals surface area contributed by atoms with Gasteiger partial charge in [-0.25, -0.2) is 4.39 Å². The molecule has 1 saturated carbocycles. The monoisotopic (exact) mass is 494 g/mol. The zero-order valence-electron chi connectivity index (χ0n) is 21.9. The van der Waals surface area contributed by atoms with Crippen molar-refractivity contribution in [3.63, 3.8) is 0 Å². The fourth-order valence-electron chi connectivity index (χ4n) is 5.67. The third-order valence-electron chi connectivity index (χ3n) is 7.92. The van der Waals surface area contributed by atoms with Crippen LogP contribution < -0.4 is 4.74 Å². The second-order valence-electron chi connectivity index (χ2n) is 10.5. The van der Waals surface area contributed by atoms with Crippen molar-refractivity contribution in [2.24, 2.45) is 5.92 Å². The van der Waals surface area contributed by atoms with Crippen LogP contribution in [0.5, 0.6) is 5.75 Å². The molecule has 2 aromatic rings. The molecule has 1 heterocycles. The van der Waals surface area contributed by atoms with Crippen molar-refractivity contribution in [3.8, 4) is 5.75 Å². The molecule has 194 valence electrons. The van der Waals surface area contributed by atoms with Crippen LogP contribution in [0.2, 0.25) is 0 Å². The Labute approximate surface area is 214 Å². The van der Waals surface area contributed by atoms with E-state index < -0.39 is 0 Å². The second kappa shape index (κ2) is 12.0. The van der Waals surface area contributed by atoms with Gasteiger partial charge < -0.3 is 9.64 Å². The number of hydrogen-bond donors (Lipinski definition) is 0. The number of hydrogen-bond acceptors (Lipinski definition) is 4. The van der Waals surface area contributed by atoms with Gasteiger partial charge in [-0.1, -0.05) is 25.0 Å². The number of ether oxygens (including phenoxy) is 1. The fraction of sp³-hybridized carbons (Fsp3) is 0.533. The van der Waals surface area contributed by atoms with Crippen molar-refractivity contribution in [3.05, 3.63) is 64.5 Å². The highest BCUT2D eigenvalue weighted by Gasteiger charge is 2.33. The standard InChI is InChI=1S/C30H39FN2O3/c1-21-19-32(14-15-33(21)30(35)24-6-4-5-7-24)20-26-17-27(31)16-25(22(26)2)18-28(34)11-8-23-9-12-29(36-3)13-10-23/h9-10,12-13,16-17,21,24H,4-8,11,14-15,18-20H2,1-3H3/t21-/m0/s1. The van der Waals surface area contributed by atoms with E-state index in [1.54, 1.807) is 13.2 Å². The van der Waals surface area contributed by atoms with Gasteiger partial charge in [0.1, 0.15) is 17.3 Å². The van der Waals surface area contributed by atoms with Crippen molar-refractivity contribution in [2.45, 2.75) is 71.4 Å².